The number of phenolic OH excluding ortho intramolecular Hbond substituents is 1. The summed E-state index contributed by atoms with van der Waals surface area (Å²) in [6.07, 6.45) is -2.62. The van der Waals surface area contributed by atoms with Crippen molar-refractivity contribution >= 4 is 41.6 Å². The van der Waals surface area contributed by atoms with Crippen LogP contribution in [0.15, 0.2) is 72.8 Å². The van der Waals surface area contributed by atoms with Gasteiger partial charge in [-0.15, -0.1) is 0 Å². The molecule has 0 aliphatic heterocycles. The lowest BCUT2D eigenvalue weighted by molar-refractivity contribution is -0.138. The molecule has 3 aromatic rings. The Hall–Kier alpha value is -6.45. The van der Waals surface area contributed by atoms with E-state index in [0.717, 1.165) is 22.3 Å². The molecule has 0 radical (unpaired) electrons. The Labute approximate surface area is 304 Å². The van der Waals surface area contributed by atoms with Gasteiger partial charge in [-0.25, -0.2) is 4.79 Å². The minimum atomic E-state index is -1.73. The topological polar surface area (TPSA) is 269 Å². The molecule has 4 rings (SSSR count). The minimum Gasteiger partial charge on any atom is -0.508 e. The van der Waals surface area contributed by atoms with Crippen LogP contribution in [0.2, 0.25) is 0 Å². The summed E-state index contributed by atoms with van der Waals surface area (Å²) < 4.78 is 5.56. The zero-order valence-corrected chi connectivity index (χ0v) is 29.1. The maximum atomic E-state index is 13.7. The standard InChI is InChI=1S/C37H42N6O10/c1-37(2,35(51)41-28(32(39)48)18-30(38)45)43-34(50)29(17-20-11-13-21(44)14-12-20)40-33(49)27(15-16-31(46)47)42-36(52)53-19-26-24-9-5-3-7-22(24)23-8-4-6-10-25(23)26/h3-14,26-29,44H,15-19H2,1-2H3,(H2,38,45)(H2,39,48)(H,40,49)(H,41,51)(H,42,52)(H,43,50)(H,46,47)/t27-,28-,29-/m0/s1. The number of primary amides is 2. The number of ether oxygens (including phenoxy) is 1. The molecule has 3 atom stereocenters. The number of benzene rings is 3. The van der Waals surface area contributed by atoms with Crippen molar-refractivity contribution in [3.63, 3.8) is 0 Å². The lowest BCUT2D eigenvalue weighted by Gasteiger charge is -2.30. The fourth-order valence-electron chi connectivity index (χ4n) is 5.88. The summed E-state index contributed by atoms with van der Waals surface area (Å²) in [5, 5.41) is 28.8. The molecule has 0 saturated carbocycles. The highest BCUT2D eigenvalue weighted by atomic mass is 16.5. The number of nitrogens with one attached hydrogen (secondary N) is 4. The number of carboxylic acids is 1. The molecular formula is C37H42N6O10. The van der Waals surface area contributed by atoms with Gasteiger partial charge in [0, 0.05) is 18.8 Å². The Morgan fingerprint density at radius 1 is 0.774 bits per heavy atom. The van der Waals surface area contributed by atoms with Crippen LogP contribution in [0.25, 0.3) is 11.1 Å². The maximum absolute atomic E-state index is 13.7. The second kappa shape index (κ2) is 17.2. The number of fused-ring (bicyclic) bond motifs is 3. The average Bonchev–Trinajstić information content (AvgIpc) is 3.42. The number of carboxylic acid groups (broad SMARTS) is 1. The maximum Gasteiger partial charge on any atom is 0.407 e. The third-order valence-corrected chi connectivity index (χ3v) is 8.67. The Kier molecular flexibility index (Phi) is 12.7. The number of aromatic hydroxyl groups is 1. The zero-order valence-electron chi connectivity index (χ0n) is 29.1. The van der Waals surface area contributed by atoms with Crippen molar-refractivity contribution in [1.82, 2.24) is 21.3 Å². The number of carbonyl (C=O) groups excluding carboxylic acids is 6. The molecule has 0 fully saturated rings. The van der Waals surface area contributed by atoms with Crippen LogP contribution >= 0.6 is 0 Å². The Balaban J connectivity index is 1.50. The number of nitrogens with two attached hydrogens (primary N) is 2. The molecule has 53 heavy (non-hydrogen) atoms. The Morgan fingerprint density at radius 3 is 1.91 bits per heavy atom. The molecule has 16 heteroatoms. The molecule has 1 aliphatic carbocycles. The first-order valence-electron chi connectivity index (χ1n) is 16.7. The van der Waals surface area contributed by atoms with Crippen LogP contribution in [0.4, 0.5) is 4.79 Å². The molecule has 0 unspecified atom stereocenters. The van der Waals surface area contributed by atoms with Crippen LogP contribution in [0.3, 0.4) is 0 Å². The first-order chi connectivity index (χ1) is 25.0. The first kappa shape index (κ1) is 39.3. The highest BCUT2D eigenvalue weighted by Gasteiger charge is 2.36. The van der Waals surface area contributed by atoms with Crippen LogP contribution in [-0.2, 0) is 39.9 Å². The van der Waals surface area contributed by atoms with Gasteiger partial charge in [-0.05, 0) is 60.2 Å². The normalized spacial score (nSPS) is 13.6. The summed E-state index contributed by atoms with van der Waals surface area (Å²) in [6, 6.07) is 16.8. The Bertz CT molecular complexity index is 1830. The van der Waals surface area contributed by atoms with Crippen LogP contribution in [0, 0.1) is 0 Å². The number of aliphatic carboxylic acids is 1. The third-order valence-electron chi connectivity index (χ3n) is 8.67. The van der Waals surface area contributed by atoms with Crippen LogP contribution in [-0.4, -0.2) is 82.1 Å². The van der Waals surface area contributed by atoms with E-state index < -0.39 is 78.1 Å². The van der Waals surface area contributed by atoms with E-state index in [1.165, 1.54) is 38.1 Å². The van der Waals surface area contributed by atoms with E-state index >= 15 is 0 Å². The first-order valence-corrected chi connectivity index (χ1v) is 16.7. The van der Waals surface area contributed by atoms with E-state index in [1.807, 2.05) is 48.5 Å². The van der Waals surface area contributed by atoms with Crippen LogP contribution in [0.5, 0.6) is 5.75 Å². The van der Waals surface area contributed by atoms with E-state index in [-0.39, 0.29) is 31.1 Å². The van der Waals surface area contributed by atoms with Gasteiger partial charge in [-0.3, -0.25) is 28.8 Å². The molecule has 0 bridgehead atoms. The fourth-order valence-corrected chi connectivity index (χ4v) is 5.88. The quantitative estimate of drug-likeness (QED) is 0.0974. The molecule has 3 aromatic carbocycles. The highest BCUT2D eigenvalue weighted by Crippen LogP contribution is 2.44. The summed E-state index contributed by atoms with van der Waals surface area (Å²) in [6.45, 7) is 2.53. The lowest BCUT2D eigenvalue weighted by Crippen LogP contribution is -2.62. The van der Waals surface area contributed by atoms with E-state index in [4.69, 9.17) is 16.2 Å². The van der Waals surface area contributed by atoms with E-state index in [1.54, 1.807) is 0 Å². The van der Waals surface area contributed by atoms with Crippen molar-refractivity contribution < 1.29 is 48.5 Å². The van der Waals surface area contributed by atoms with Gasteiger partial charge in [0.2, 0.25) is 29.5 Å². The van der Waals surface area contributed by atoms with Crippen molar-refractivity contribution in [2.24, 2.45) is 11.5 Å². The molecular weight excluding hydrogens is 688 g/mol. The van der Waals surface area contributed by atoms with Crippen molar-refractivity contribution in [2.75, 3.05) is 6.61 Å². The SMILES string of the molecule is CC(C)(NC(=O)[C@H](Cc1ccc(O)cc1)NC(=O)[C@H](CCC(=O)O)NC(=O)OCC1c2ccccc2-c2ccccc21)C(=O)N[C@@H](CC(N)=O)C(N)=O. The molecule has 280 valence electrons. The molecule has 10 N–H and O–H groups in total. The minimum absolute atomic E-state index is 0.0578. The summed E-state index contributed by atoms with van der Waals surface area (Å²) in [5.41, 5.74) is 13.1. The summed E-state index contributed by atoms with van der Waals surface area (Å²) in [7, 11) is 0. The molecule has 0 spiro atoms. The smallest absolute Gasteiger partial charge is 0.407 e. The van der Waals surface area contributed by atoms with E-state index in [2.05, 4.69) is 21.3 Å². The van der Waals surface area contributed by atoms with Gasteiger partial charge >= 0.3 is 12.1 Å². The number of phenols is 1. The largest absolute Gasteiger partial charge is 0.508 e. The van der Waals surface area contributed by atoms with Crippen molar-refractivity contribution in [1.29, 1.82) is 0 Å². The van der Waals surface area contributed by atoms with Gasteiger partial charge in [-0.1, -0.05) is 60.7 Å². The molecule has 16 nitrogen and oxygen atoms in total. The summed E-state index contributed by atoms with van der Waals surface area (Å²) >= 11 is 0. The Morgan fingerprint density at radius 2 is 1.36 bits per heavy atom. The van der Waals surface area contributed by atoms with Gasteiger partial charge in [0.25, 0.3) is 0 Å². The number of rotatable bonds is 17. The van der Waals surface area contributed by atoms with Gasteiger partial charge in [-0.2, -0.15) is 0 Å². The van der Waals surface area contributed by atoms with E-state index in [9.17, 15) is 43.8 Å². The predicted octanol–water partition coefficient (Wildman–Crippen LogP) is 0.932. The highest BCUT2D eigenvalue weighted by molar-refractivity contribution is 5.98. The summed E-state index contributed by atoms with van der Waals surface area (Å²) in [4.78, 5) is 88.3. The van der Waals surface area contributed by atoms with Crippen molar-refractivity contribution in [3.8, 4) is 16.9 Å². The van der Waals surface area contributed by atoms with E-state index in [0.29, 0.717) is 5.56 Å². The van der Waals surface area contributed by atoms with Crippen LogP contribution in [0.1, 0.15) is 55.7 Å². The fraction of sp³-hybridized carbons (Fsp3) is 0.324. The monoisotopic (exact) mass is 730 g/mol. The molecule has 0 saturated heterocycles. The molecule has 6 amide bonds. The van der Waals surface area contributed by atoms with Crippen LogP contribution < -0.4 is 32.7 Å². The van der Waals surface area contributed by atoms with Gasteiger partial charge in [0.05, 0.1) is 6.42 Å². The number of carbonyl (C=O) groups is 7. The second-order valence-electron chi connectivity index (χ2n) is 13.1. The van der Waals surface area contributed by atoms with Gasteiger partial charge in [0.1, 0.15) is 36.0 Å². The predicted molar refractivity (Wildman–Crippen MR) is 190 cm³/mol. The zero-order chi connectivity index (χ0) is 38.9. The molecule has 0 heterocycles. The third kappa shape index (κ3) is 10.5. The van der Waals surface area contributed by atoms with Gasteiger partial charge < -0.3 is 47.7 Å². The van der Waals surface area contributed by atoms with Crippen molar-refractivity contribution in [3.05, 3.63) is 89.5 Å². The molecule has 0 aromatic heterocycles. The summed E-state index contributed by atoms with van der Waals surface area (Å²) in [5.74, 6) is -6.22. The van der Waals surface area contributed by atoms with Crippen molar-refractivity contribution in [2.45, 2.75) is 69.1 Å². The molecule has 1 aliphatic rings. The lowest BCUT2D eigenvalue weighted by atomic mass is 9.98. The van der Waals surface area contributed by atoms with Gasteiger partial charge in [0.15, 0.2) is 0 Å². The second-order valence-corrected chi connectivity index (χ2v) is 13.1. The number of hydrogen-bond donors (Lipinski definition) is 8. The number of hydrogen-bond acceptors (Lipinski definition) is 9. The number of amides is 6. The number of alkyl carbamates (subject to hydrolysis) is 1. The average molecular weight is 731 g/mol.